The highest BCUT2D eigenvalue weighted by Gasteiger charge is 2.32. The third kappa shape index (κ3) is 6.29. The quantitative estimate of drug-likeness (QED) is 0.694. The first-order valence-corrected chi connectivity index (χ1v) is 8.40. The molecule has 8 heteroatoms. The summed E-state index contributed by atoms with van der Waals surface area (Å²) in [6.07, 6.45) is -2.98. The van der Waals surface area contributed by atoms with Crippen molar-refractivity contribution in [3.8, 4) is 22.6 Å². The lowest BCUT2D eigenvalue weighted by atomic mass is 9.99. The van der Waals surface area contributed by atoms with Crippen molar-refractivity contribution in [3.63, 3.8) is 0 Å². The Kier molecular flexibility index (Phi) is 7.33. The van der Waals surface area contributed by atoms with Crippen LogP contribution in [0.25, 0.3) is 11.1 Å². The van der Waals surface area contributed by atoms with E-state index >= 15 is 0 Å². The van der Waals surface area contributed by atoms with E-state index in [1.807, 2.05) is 0 Å². The van der Waals surface area contributed by atoms with E-state index in [1.54, 1.807) is 12.1 Å². The predicted octanol–water partition coefficient (Wildman–Crippen LogP) is 5.19. The molecular weight excluding hydrogens is 386 g/mol. The molecule has 0 bridgehead atoms. The van der Waals surface area contributed by atoms with Crippen LogP contribution in [0.15, 0.2) is 42.5 Å². The molecule has 3 nitrogen and oxygen atoms in total. The lowest BCUT2D eigenvalue weighted by Crippen LogP contribution is -2.30. The van der Waals surface area contributed by atoms with Gasteiger partial charge in [-0.2, -0.15) is 0 Å². The lowest BCUT2D eigenvalue weighted by molar-refractivity contribution is -0.275. The number of halogens is 5. The summed E-state index contributed by atoms with van der Waals surface area (Å²) in [5, 5.41) is 3.23. The Balaban J connectivity index is 0.00000261. The van der Waals surface area contributed by atoms with Crippen molar-refractivity contribution in [1.29, 1.82) is 0 Å². The molecule has 3 rings (SSSR count). The second-order valence-electron chi connectivity index (χ2n) is 6.22. The summed E-state index contributed by atoms with van der Waals surface area (Å²) in [7, 11) is 0. The molecule has 27 heavy (non-hydrogen) atoms. The maximum atomic E-state index is 13.1. The van der Waals surface area contributed by atoms with Crippen molar-refractivity contribution in [2.45, 2.75) is 19.2 Å². The Bertz CT molecular complexity index is 731. The fraction of sp³-hybridized carbons (Fsp3) is 0.368. The molecule has 1 saturated heterocycles. The molecule has 2 aromatic rings. The van der Waals surface area contributed by atoms with E-state index in [2.05, 4.69) is 10.1 Å². The van der Waals surface area contributed by atoms with Crippen LogP contribution < -0.4 is 14.8 Å². The molecule has 0 saturated carbocycles. The van der Waals surface area contributed by atoms with Gasteiger partial charge in [-0.25, -0.2) is 4.39 Å². The Morgan fingerprint density at radius 1 is 0.926 bits per heavy atom. The summed E-state index contributed by atoms with van der Waals surface area (Å²) in [6, 6.07) is 9.93. The molecule has 1 aliphatic heterocycles. The highest BCUT2D eigenvalue weighted by Crippen LogP contribution is 2.36. The van der Waals surface area contributed by atoms with Crippen molar-refractivity contribution >= 4 is 12.4 Å². The normalized spacial score (nSPS) is 15.1. The van der Waals surface area contributed by atoms with E-state index < -0.39 is 6.36 Å². The zero-order chi connectivity index (χ0) is 18.6. The van der Waals surface area contributed by atoms with Gasteiger partial charge in [0, 0.05) is 0 Å². The molecule has 1 aliphatic rings. The van der Waals surface area contributed by atoms with Crippen LogP contribution in [-0.2, 0) is 0 Å². The minimum atomic E-state index is -4.80. The van der Waals surface area contributed by atoms with Gasteiger partial charge in [0.05, 0.1) is 6.61 Å². The number of hydrogen-bond acceptors (Lipinski definition) is 3. The van der Waals surface area contributed by atoms with Gasteiger partial charge < -0.3 is 14.8 Å². The molecular formula is C19H20ClF4NO2. The lowest BCUT2D eigenvalue weighted by Gasteiger charge is -2.23. The van der Waals surface area contributed by atoms with E-state index in [0.29, 0.717) is 17.7 Å². The Morgan fingerprint density at radius 2 is 1.56 bits per heavy atom. The molecule has 0 unspecified atom stereocenters. The predicted molar refractivity (Wildman–Crippen MR) is 96.9 cm³/mol. The van der Waals surface area contributed by atoms with Crippen LogP contribution in [0, 0.1) is 11.7 Å². The SMILES string of the molecule is Cl.Fc1ccc(-c2ccc(OC(F)(F)F)c(OCC3CCNCC3)c2)cc1. The molecule has 0 aliphatic carbocycles. The van der Waals surface area contributed by atoms with Crippen LogP contribution in [0.4, 0.5) is 17.6 Å². The topological polar surface area (TPSA) is 30.5 Å². The molecule has 0 atom stereocenters. The van der Waals surface area contributed by atoms with Crippen molar-refractivity contribution < 1.29 is 27.0 Å². The van der Waals surface area contributed by atoms with Crippen molar-refractivity contribution in [2.24, 2.45) is 5.92 Å². The minimum Gasteiger partial charge on any atom is -0.489 e. The highest BCUT2D eigenvalue weighted by molar-refractivity contribution is 5.85. The first kappa shape index (κ1) is 21.3. The van der Waals surface area contributed by atoms with Gasteiger partial charge in [-0.3, -0.25) is 0 Å². The Morgan fingerprint density at radius 3 is 2.19 bits per heavy atom. The van der Waals surface area contributed by atoms with Gasteiger partial charge >= 0.3 is 6.36 Å². The molecule has 0 spiro atoms. The van der Waals surface area contributed by atoms with E-state index in [4.69, 9.17) is 4.74 Å². The number of nitrogens with one attached hydrogen (secondary N) is 1. The largest absolute Gasteiger partial charge is 0.573 e. The maximum Gasteiger partial charge on any atom is 0.573 e. The molecule has 0 amide bonds. The number of alkyl halides is 3. The number of hydrogen-bond donors (Lipinski definition) is 1. The van der Waals surface area contributed by atoms with Crippen molar-refractivity contribution in [2.75, 3.05) is 19.7 Å². The fourth-order valence-corrected chi connectivity index (χ4v) is 2.91. The monoisotopic (exact) mass is 405 g/mol. The summed E-state index contributed by atoms with van der Waals surface area (Å²) in [5.41, 5.74) is 1.30. The molecule has 148 valence electrons. The second kappa shape index (κ2) is 9.28. The molecule has 1 heterocycles. The van der Waals surface area contributed by atoms with Gasteiger partial charge in [0.15, 0.2) is 11.5 Å². The summed E-state index contributed by atoms with van der Waals surface area (Å²) in [6.45, 7) is 2.06. The average molecular weight is 406 g/mol. The highest BCUT2D eigenvalue weighted by atomic mass is 35.5. The first-order valence-electron chi connectivity index (χ1n) is 8.40. The Labute approximate surface area is 161 Å². The van der Waals surface area contributed by atoms with Crippen molar-refractivity contribution in [1.82, 2.24) is 5.32 Å². The molecule has 1 fully saturated rings. The molecule has 1 N–H and O–H groups in total. The third-order valence-corrected chi connectivity index (χ3v) is 4.28. The van der Waals surface area contributed by atoms with Gasteiger partial charge in [-0.15, -0.1) is 25.6 Å². The zero-order valence-corrected chi connectivity index (χ0v) is 15.2. The smallest absolute Gasteiger partial charge is 0.489 e. The summed E-state index contributed by atoms with van der Waals surface area (Å²) in [4.78, 5) is 0. The van der Waals surface area contributed by atoms with Crippen LogP contribution in [0.5, 0.6) is 11.5 Å². The van der Waals surface area contributed by atoms with E-state index in [-0.39, 0.29) is 35.6 Å². The van der Waals surface area contributed by atoms with Gasteiger partial charge in [0.2, 0.25) is 0 Å². The van der Waals surface area contributed by atoms with Crippen LogP contribution in [0.1, 0.15) is 12.8 Å². The summed E-state index contributed by atoms with van der Waals surface area (Å²) in [5.74, 6) is -0.447. The van der Waals surface area contributed by atoms with E-state index in [1.165, 1.54) is 30.3 Å². The van der Waals surface area contributed by atoms with Crippen LogP contribution in [0.3, 0.4) is 0 Å². The summed E-state index contributed by atoms with van der Waals surface area (Å²) >= 11 is 0. The van der Waals surface area contributed by atoms with Crippen molar-refractivity contribution in [3.05, 3.63) is 48.3 Å². The van der Waals surface area contributed by atoms with Crippen LogP contribution in [0.2, 0.25) is 0 Å². The van der Waals surface area contributed by atoms with Gasteiger partial charge in [-0.1, -0.05) is 18.2 Å². The minimum absolute atomic E-state index is 0. The second-order valence-corrected chi connectivity index (χ2v) is 6.22. The number of benzene rings is 2. The van der Waals surface area contributed by atoms with Crippen LogP contribution >= 0.6 is 12.4 Å². The number of piperidine rings is 1. The summed E-state index contributed by atoms with van der Waals surface area (Å²) < 4.78 is 60.8. The van der Waals surface area contributed by atoms with Gasteiger partial charge in [0.1, 0.15) is 5.82 Å². The number of ether oxygens (including phenoxy) is 2. The fourth-order valence-electron chi connectivity index (χ4n) is 2.91. The molecule has 0 aromatic heterocycles. The third-order valence-electron chi connectivity index (χ3n) is 4.28. The van der Waals surface area contributed by atoms with Crippen LogP contribution in [-0.4, -0.2) is 26.1 Å². The maximum absolute atomic E-state index is 13.1. The molecule has 0 radical (unpaired) electrons. The molecule has 2 aromatic carbocycles. The van der Waals surface area contributed by atoms with Gasteiger partial charge in [-0.05, 0) is 67.2 Å². The number of rotatable bonds is 5. The van der Waals surface area contributed by atoms with Gasteiger partial charge in [0.25, 0.3) is 0 Å². The van der Waals surface area contributed by atoms with E-state index in [0.717, 1.165) is 25.9 Å². The zero-order valence-electron chi connectivity index (χ0n) is 14.4. The first-order chi connectivity index (χ1) is 12.4. The Hall–Kier alpha value is -1.99. The van der Waals surface area contributed by atoms with E-state index in [9.17, 15) is 17.6 Å². The average Bonchev–Trinajstić information content (AvgIpc) is 2.61. The standard InChI is InChI=1S/C19H19F4NO2.ClH/c20-16-4-1-14(2-5-16)15-3-6-17(26-19(21,22)23)18(11-15)25-12-13-7-9-24-10-8-13;/h1-6,11,13,24H,7-10,12H2;1H.